The number of nitrogens with two attached hydrogens (primary N) is 1. The highest BCUT2D eigenvalue weighted by atomic mass is 15.3. The standard InChI is InChI=1S/C10H8N4/c11-10-12-9(13-14-10)7-6-8-4-2-1-3-5-8/h1-5H,(H3,11,12,13,14). The third kappa shape index (κ3) is 1.90. The smallest absolute Gasteiger partial charge is 0.240 e. The minimum atomic E-state index is 0.211. The van der Waals surface area contributed by atoms with Crippen molar-refractivity contribution in [3.05, 3.63) is 41.7 Å². The van der Waals surface area contributed by atoms with Gasteiger partial charge in [-0.15, -0.1) is 5.10 Å². The molecule has 1 aromatic heterocycles. The van der Waals surface area contributed by atoms with E-state index in [0.717, 1.165) is 5.56 Å². The van der Waals surface area contributed by atoms with Crippen LogP contribution >= 0.6 is 0 Å². The zero-order valence-corrected chi connectivity index (χ0v) is 7.36. The van der Waals surface area contributed by atoms with E-state index >= 15 is 0 Å². The van der Waals surface area contributed by atoms with E-state index in [0.29, 0.717) is 5.82 Å². The molecule has 14 heavy (non-hydrogen) atoms. The minimum absolute atomic E-state index is 0.211. The Kier molecular flexibility index (Phi) is 2.15. The quantitative estimate of drug-likeness (QED) is 0.595. The molecule has 0 atom stereocenters. The van der Waals surface area contributed by atoms with Gasteiger partial charge in [0, 0.05) is 5.56 Å². The maximum atomic E-state index is 5.33. The van der Waals surface area contributed by atoms with Gasteiger partial charge < -0.3 is 5.73 Å². The average Bonchev–Trinajstić information content (AvgIpc) is 2.63. The third-order valence-electron chi connectivity index (χ3n) is 1.60. The summed E-state index contributed by atoms with van der Waals surface area (Å²) in [5, 5.41) is 6.28. The largest absolute Gasteiger partial charge is 0.366 e. The molecule has 0 saturated carbocycles. The van der Waals surface area contributed by atoms with E-state index in [2.05, 4.69) is 27.0 Å². The van der Waals surface area contributed by atoms with Crippen molar-refractivity contribution in [3.63, 3.8) is 0 Å². The van der Waals surface area contributed by atoms with Crippen molar-refractivity contribution in [1.29, 1.82) is 0 Å². The monoisotopic (exact) mass is 184 g/mol. The Hall–Kier alpha value is -2.28. The lowest BCUT2D eigenvalue weighted by atomic mass is 10.2. The summed E-state index contributed by atoms with van der Waals surface area (Å²) in [5.41, 5.74) is 6.26. The second-order valence-corrected chi connectivity index (χ2v) is 2.66. The van der Waals surface area contributed by atoms with Gasteiger partial charge in [-0.1, -0.05) is 24.1 Å². The molecule has 4 nitrogen and oxygen atoms in total. The number of rotatable bonds is 0. The molecule has 0 aliphatic heterocycles. The molecule has 2 rings (SSSR count). The Labute approximate surface area is 81.2 Å². The molecule has 3 N–H and O–H groups in total. The molecule has 1 heterocycles. The molecule has 1 aromatic carbocycles. The molecule has 0 aliphatic rings. The van der Waals surface area contributed by atoms with E-state index in [1.807, 2.05) is 30.3 Å². The summed E-state index contributed by atoms with van der Waals surface area (Å²) < 4.78 is 0. The predicted octanol–water partition coefficient (Wildman–Crippen LogP) is 0.787. The molecule has 0 amide bonds. The van der Waals surface area contributed by atoms with Gasteiger partial charge >= 0.3 is 0 Å². The Bertz CT molecular complexity index is 476. The summed E-state index contributed by atoms with van der Waals surface area (Å²) in [6.07, 6.45) is 0. The van der Waals surface area contributed by atoms with Gasteiger partial charge in [0.15, 0.2) is 0 Å². The zero-order chi connectivity index (χ0) is 9.80. The maximum Gasteiger partial charge on any atom is 0.240 e. The predicted molar refractivity (Wildman–Crippen MR) is 53.2 cm³/mol. The molecule has 0 spiro atoms. The molecule has 68 valence electrons. The molecule has 0 radical (unpaired) electrons. The van der Waals surface area contributed by atoms with Crippen molar-refractivity contribution < 1.29 is 0 Å². The van der Waals surface area contributed by atoms with Gasteiger partial charge in [0.1, 0.15) is 0 Å². The number of H-pyrrole nitrogens is 1. The average molecular weight is 184 g/mol. The van der Waals surface area contributed by atoms with E-state index < -0.39 is 0 Å². The number of nitrogen functional groups attached to an aromatic ring is 1. The van der Waals surface area contributed by atoms with Crippen LogP contribution in [0.2, 0.25) is 0 Å². The SMILES string of the molecule is Nc1n[nH]c(C#Cc2ccccc2)n1. The van der Waals surface area contributed by atoms with E-state index in [9.17, 15) is 0 Å². The van der Waals surface area contributed by atoms with Crippen LogP contribution in [0.1, 0.15) is 11.4 Å². The fourth-order valence-electron chi connectivity index (χ4n) is 0.984. The van der Waals surface area contributed by atoms with Gasteiger partial charge in [-0.3, -0.25) is 5.10 Å². The highest BCUT2D eigenvalue weighted by Gasteiger charge is 1.92. The van der Waals surface area contributed by atoms with Gasteiger partial charge in [-0.2, -0.15) is 4.98 Å². The molecule has 2 aromatic rings. The summed E-state index contributed by atoms with van der Waals surface area (Å²) in [4.78, 5) is 3.86. The highest BCUT2D eigenvalue weighted by molar-refractivity contribution is 5.38. The maximum absolute atomic E-state index is 5.33. The Morgan fingerprint density at radius 2 is 1.93 bits per heavy atom. The van der Waals surface area contributed by atoms with Gasteiger partial charge in [-0.05, 0) is 18.1 Å². The molecule has 0 unspecified atom stereocenters. The van der Waals surface area contributed by atoms with Crippen LogP contribution in [0.3, 0.4) is 0 Å². The van der Waals surface area contributed by atoms with E-state index in [4.69, 9.17) is 5.73 Å². The second-order valence-electron chi connectivity index (χ2n) is 2.66. The number of anilines is 1. The molecular weight excluding hydrogens is 176 g/mol. The molecule has 4 heteroatoms. The molecule has 0 aliphatic carbocycles. The zero-order valence-electron chi connectivity index (χ0n) is 7.36. The Balaban J connectivity index is 2.23. The van der Waals surface area contributed by atoms with Crippen LogP contribution in [0.15, 0.2) is 30.3 Å². The summed E-state index contributed by atoms with van der Waals surface area (Å²) in [6.45, 7) is 0. The van der Waals surface area contributed by atoms with Crippen LogP contribution in [0.4, 0.5) is 5.95 Å². The fourth-order valence-corrected chi connectivity index (χ4v) is 0.984. The number of hydrogen-bond donors (Lipinski definition) is 2. The van der Waals surface area contributed by atoms with Crippen LogP contribution in [0.25, 0.3) is 0 Å². The summed E-state index contributed by atoms with van der Waals surface area (Å²) in [7, 11) is 0. The lowest BCUT2D eigenvalue weighted by Gasteiger charge is -1.84. The summed E-state index contributed by atoms with van der Waals surface area (Å²) in [5.74, 6) is 6.45. The van der Waals surface area contributed by atoms with Crippen molar-refractivity contribution in [2.45, 2.75) is 0 Å². The van der Waals surface area contributed by atoms with Crippen LogP contribution in [0, 0.1) is 11.8 Å². The molecule has 0 fully saturated rings. The van der Waals surface area contributed by atoms with Crippen LogP contribution < -0.4 is 5.73 Å². The van der Waals surface area contributed by atoms with Crippen molar-refractivity contribution in [3.8, 4) is 11.8 Å². The number of aromatic amines is 1. The minimum Gasteiger partial charge on any atom is -0.366 e. The van der Waals surface area contributed by atoms with Gasteiger partial charge in [0.2, 0.25) is 11.8 Å². The molecular formula is C10H8N4. The van der Waals surface area contributed by atoms with Gasteiger partial charge in [-0.25, -0.2) is 0 Å². The lowest BCUT2D eigenvalue weighted by molar-refractivity contribution is 1.08. The second kappa shape index (κ2) is 3.62. The molecule has 0 bridgehead atoms. The Morgan fingerprint density at radius 3 is 2.57 bits per heavy atom. The van der Waals surface area contributed by atoms with E-state index in [1.165, 1.54) is 0 Å². The first-order valence-corrected chi connectivity index (χ1v) is 4.09. The Morgan fingerprint density at radius 1 is 1.14 bits per heavy atom. The van der Waals surface area contributed by atoms with Crippen LogP contribution in [-0.4, -0.2) is 15.2 Å². The number of hydrogen-bond acceptors (Lipinski definition) is 3. The number of nitrogens with one attached hydrogen (secondary N) is 1. The van der Waals surface area contributed by atoms with Crippen molar-refractivity contribution in [2.24, 2.45) is 0 Å². The van der Waals surface area contributed by atoms with Gasteiger partial charge in [0.05, 0.1) is 0 Å². The van der Waals surface area contributed by atoms with E-state index in [1.54, 1.807) is 0 Å². The topological polar surface area (TPSA) is 67.6 Å². The first kappa shape index (κ1) is 8.32. The number of aromatic nitrogens is 3. The summed E-state index contributed by atoms with van der Waals surface area (Å²) in [6, 6.07) is 9.65. The van der Waals surface area contributed by atoms with E-state index in [-0.39, 0.29) is 5.95 Å². The lowest BCUT2D eigenvalue weighted by Crippen LogP contribution is -1.85. The molecule has 0 saturated heterocycles. The highest BCUT2D eigenvalue weighted by Crippen LogP contribution is 1.96. The van der Waals surface area contributed by atoms with Gasteiger partial charge in [0.25, 0.3) is 0 Å². The third-order valence-corrected chi connectivity index (χ3v) is 1.60. The first-order valence-electron chi connectivity index (χ1n) is 4.09. The summed E-state index contributed by atoms with van der Waals surface area (Å²) >= 11 is 0. The van der Waals surface area contributed by atoms with Crippen molar-refractivity contribution in [1.82, 2.24) is 15.2 Å². The first-order chi connectivity index (χ1) is 6.84. The van der Waals surface area contributed by atoms with Crippen molar-refractivity contribution >= 4 is 5.95 Å². The van der Waals surface area contributed by atoms with Crippen LogP contribution in [-0.2, 0) is 0 Å². The normalized spacial score (nSPS) is 9.14. The number of nitrogens with zero attached hydrogens (tertiary/aromatic N) is 2. The van der Waals surface area contributed by atoms with Crippen LogP contribution in [0.5, 0.6) is 0 Å². The number of benzene rings is 1. The fraction of sp³-hybridized carbons (Fsp3) is 0. The van der Waals surface area contributed by atoms with Crippen molar-refractivity contribution in [2.75, 3.05) is 5.73 Å².